The molecular weight excluding hydrogens is 358 g/mol. The second-order valence-electron chi connectivity index (χ2n) is 6.51. The molecule has 0 unspecified atom stereocenters. The van der Waals surface area contributed by atoms with Crippen molar-refractivity contribution in [2.75, 3.05) is 13.1 Å². The van der Waals surface area contributed by atoms with Crippen LogP contribution in [-0.4, -0.2) is 49.6 Å². The molecule has 2 aromatic rings. The molecule has 1 aliphatic heterocycles. The van der Waals surface area contributed by atoms with Gasteiger partial charge in [0.25, 0.3) is 0 Å². The molecule has 0 bridgehead atoms. The van der Waals surface area contributed by atoms with E-state index in [0.29, 0.717) is 11.2 Å². The molecule has 0 spiro atoms. The molecular formula is C17H28ClN5O3. The minimum atomic E-state index is -0.367. The van der Waals surface area contributed by atoms with Gasteiger partial charge in [0.15, 0.2) is 5.65 Å². The van der Waals surface area contributed by atoms with Gasteiger partial charge in [-0.2, -0.15) is 4.98 Å². The van der Waals surface area contributed by atoms with E-state index in [4.69, 9.17) is 16.3 Å². The topological polar surface area (TPSA) is 104 Å². The van der Waals surface area contributed by atoms with E-state index in [0.717, 1.165) is 25.9 Å². The number of amides is 1. The van der Waals surface area contributed by atoms with Crippen molar-refractivity contribution in [1.29, 1.82) is 0 Å². The second-order valence-corrected chi connectivity index (χ2v) is 6.85. The Kier molecular flexibility index (Phi) is 8.57. The molecule has 2 N–H and O–H groups in total. The fourth-order valence-electron chi connectivity index (χ4n) is 2.21. The summed E-state index contributed by atoms with van der Waals surface area (Å²) in [5.74, 6) is 0. The summed E-state index contributed by atoms with van der Waals surface area (Å²) in [4.78, 5) is 36.4. The molecule has 1 fully saturated rings. The Morgan fingerprint density at radius 3 is 2.38 bits per heavy atom. The molecule has 3 rings (SSSR count). The summed E-state index contributed by atoms with van der Waals surface area (Å²) >= 11 is 5.47. The molecule has 0 aromatic carbocycles. The summed E-state index contributed by atoms with van der Waals surface area (Å²) in [6.45, 7) is 11.4. The quantitative estimate of drug-likeness (QED) is 0.672. The van der Waals surface area contributed by atoms with Crippen molar-refractivity contribution in [2.24, 2.45) is 0 Å². The molecule has 2 aromatic heterocycles. The molecule has 1 amide bonds. The zero-order valence-electron chi connectivity index (χ0n) is 16.1. The predicted molar refractivity (Wildman–Crippen MR) is 103 cm³/mol. The first-order valence-electron chi connectivity index (χ1n) is 8.83. The molecule has 9 heteroatoms. The van der Waals surface area contributed by atoms with Crippen LogP contribution in [0.25, 0.3) is 11.2 Å². The van der Waals surface area contributed by atoms with Crippen molar-refractivity contribution in [2.45, 2.75) is 59.5 Å². The number of carbonyl (C=O) groups excluding carboxylic acids is 1. The highest BCUT2D eigenvalue weighted by atomic mass is 35.5. The number of H-pyrrole nitrogens is 2. The predicted octanol–water partition coefficient (Wildman–Crippen LogP) is 3.73. The number of ether oxygens (including phenoxy) is 1. The van der Waals surface area contributed by atoms with Gasteiger partial charge in [0.2, 0.25) is 5.28 Å². The average molecular weight is 386 g/mol. The van der Waals surface area contributed by atoms with Crippen molar-refractivity contribution in [3.8, 4) is 0 Å². The summed E-state index contributed by atoms with van der Waals surface area (Å²) in [6.07, 6.45) is 4.74. The van der Waals surface area contributed by atoms with Gasteiger partial charge in [0.1, 0.15) is 11.1 Å². The van der Waals surface area contributed by atoms with Gasteiger partial charge in [-0.05, 0) is 51.6 Å². The number of likely N-dealkylation sites (tertiary alicyclic amines) is 1. The Bertz CT molecular complexity index is 745. The Balaban J connectivity index is 0.000000239. The molecule has 146 valence electrons. The van der Waals surface area contributed by atoms with Crippen molar-refractivity contribution in [3.63, 3.8) is 0 Å². The number of aromatic nitrogens is 4. The fourth-order valence-corrected chi connectivity index (χ4v) is 2.34. The maximum Gasteiger partial charge on any atom is 0.410 e. The second kappa shape index (κ2) is 10.2. The highest BCUT2D eigenvalue weighted by molar-refractivity contribution is 6.28. The summed E-state index contributed by atoms with van der Waals surface area (Å²) in [7, 11) is 0. The van der Waals surface area contributed by atoms with Crippen LogP contribution in [0.1, 0.15) is 53.9 Å². The monoisotopic (exact) mass is 385 g/mol. The summed E-state index contributed by atoms with van der Waals surface area (Å²) in [5, 5.41) is 0.118. The van der Waals surface area contributed by atoms with Crippen molar-refractivity contribution in [1.82, 2.24) is 24.8 Å². The van der Waals surface area contributed by atoms with Gasteiger partial charge in [-0.1, -0.05) is 13.8 Å². The zero-order valence-corrected chi connectivity index (χ0v) is 16.8. The van der Waals surface area contributed by atoms with E-state index in [1.54, 1.807) is 4.90 Å². The van der Waals surface area contributed by atoms with Crippen molar-refractivity contribution in [3.05, 3.63) is 22.0 Å². The van der Waals surface area contributed by atoms with Crippen LogP contribution in [0.4, 0.5) is 4.79 Å². The molecule has 1 aliphatic rings. The number of rotatable bonds is 0. The van der Waals surface area contributed by atoms with Gasteiger partial charge in [0, 0.05) is 13.1 Å². The number of piperidine rings is 1. The molecule has 26 heavy (non-hydrogen) atoms. The van der Waals surface area contributed by atoms with E-state index in [2.05, 4.69) is 19.9 Å². The largest absolute Gasteiger partial charge is 0.444 e. The SMILES string of the molecule is CC.CC(C)(C)OC(=O)N1CCCCC1.O=c1[nH]c2cnc(Cl)nc2[nH]1. The third-order valence-corrected chi connectivity index (χ3v) is 3.43. The van der Waals surface area contributed by atoms with Gasteiger partial charge in [0.05, 0.1) is 6.20 Å². The average Bonchev–Trinajstić information content (AvgIpc) is 2.96. The molecule has 0 aliphatic carbocycles. The first-order chi connectivity index (χ1) is 12.2. The standard InChI is InChI=1S/C10H19NO2.C5H3ClN4O.C2H6/c1-10(2,3)13-9(12)11-7-5-4-6-8-11;6-4-7-1-2-3(9-4)10-5(11)8-2;1-2/h4-8H2,1-3H3;1H,(H2,7,8,9,10,11);1-2H3. The smallest absolute Gasteiger partial charge is 0.410 e. The Morgan fingerprint density at radius 1 is 1.19 bits per heavy atom. The third kappa shape index (κ3) is 7.43. The Hall–Kier alpha value is -2.09. The summed E-state index contributed by atoms with van der Waals surface area (Å²) < 4.78 is 5.26. The molecule has 3 heterocycles. The number of hydrogen-bond donors (Lipinski definition) is 2. The van der Waals surface area contributed by atoms with Crippen molar-refractivity contribution >= 4 is 28.9 Å². The van der Waals surface area contributed by atoms with Crippen molar-refractivity contribution < 1.29 is 9.53 Å². The maximum absolute atomic E-state index is 11.5. The highest BCUT2D eigenvalue weighted by Crippen LogP contribution is 2.14. The normalized spacial score (nSPS) is 14.0. The molecule has 0 radical (unpaired) electrons. The van der Waals surface area contributed by atoms with Crippen LogP contribution >= 0.6 is 11.6 Å². The molecule has 1 saturated heterocycles. The fraction of sp³-hybridized carbons (Fsp3) is 0.647. The van der Waals surface area contributed by atoms with E-state index in [9.17, 15) is 9.59 Å². The molecule has 0 atom stereocenters. The number of nitrogens with one attached hydrogen (secondary N) is 2. The first-order valence-corrected chi connectivity index (χ1v) is 9.21. The summed E-state index contributed by atoms with van der Waals surface area (Å²) in [5.41, 5.74) is 0.306. The number of carbonyl (C=O) groups is 1. The molecule has 8 nitrogen and oxygen atoms in total. The van der Waals surface area contributed by atoms with Gasteiger partial charge < -0.3 is 14.6 Å². The van der Waals surface area contributed by atoms with Crippen LogP contribution in [-0.2, 0) is 4.74 Å². The van der Waals surface area contributed by atoms with Gasteiger partial charge in [-0.3, -0.25) is 4.98 Å². The number of hydrogen-bond acceptors (Lipinski definition) is 5. The van der Waals surface area contributed by atoms with E-state index in [-0.39, 0.29) is 22.7 Å². The van der Waals surface area contributed by atoms with E-state index in [1.165, 1.54) is 12.6 Å². The summed E-state index contributed by atoms with van der Waals surface area (Å²) in [6, 6.07) is 0. The Labute approximate surface area is 158 Å². The minimum Gasteiger partial charge on any atom is -0.444 e. The number of nitrogens with zero attached hydrogens (tertiary/aromatic N) is 3. The maximum atomic E-state index is 11.5. The Morgan fingerprint density at radius 2 is 1.81 bits per heavy atom. The lowest BCUT2D eigenvalue weighted by atomic mass is 10.1. The lowest BCUT2D eigenvalue weighted by Crippen LogP contribution is -2.39. The van der Waals surface area contributed by atoms with Crippen LogP contribution in [0.2, 0.25) is 5.28 Å². The van der Waals surface area contributed by atoms with Crippen LogP contribution in [0.15, 0.2) is 11.0 Å². The number of fused-ring (bicyclic) bond motifs is 1. The number of aromatic amines is 2. The van der Waals surface area contributed by atoms with Gasteiger partial charge >= 0.3 is 11.8 Å². The first kappa shape index (κ1) is 22.0. The van der Waals surface area contributed by atoms with Crippen LogP contribution < -0.4 is 5.69 Å². The van der Waals surface area contributed by atoms with E-state index in [1.807, 2.05) is 34.6 Å². The van der Waals surface area contributed by atoms with E-state index < -0.39 is 0 Å². The van der Waals surface area contributed by atoms with Crippen LogP contribution in [0.3, 0.4) is 0 Å². The number of imidazole rings is 1. The van der Waals surface area contributed by atoms with Gasteiger partial charge in [-0.25, -0.2) is 14.6 Å². The third-order valence-electron chi connectivity index (χ3n) is 3.25. The van der Waals surface area contributed by atoms with Gasteiger partial charge in [-0.15, -0.1) is 0 Å². The number of halogens is 1. The minimum absolute atomic E-state index is 0.118. The lowest BCUT2D eigenvalue weighted by molar-refractivity contribution is 0.0216. The van der Waals surface area contributed by atoms with Crippen LogP contribution in [0.5, 0.6) is 0 Å². The van der Waals surface area contributed by atoms with Crippen LogP contribution in [0, 0.1) is 0 Å². The zero-order chi connectivity index (χ0) is 19.7. The highest BCUT2D eigenvalue weighted by Gasteiger charge is 2.22. The molecule has 0 saturated carbocycles. The lowest BCUT2D eigenvalue weighted by Gasteiger charge is -2.29. The van der Waals surface area contributed by atoms with E-state index >= 15 is 0 Å².